The third kappa shape index (κ3) is 3.29. The maximum Gasteiger partial charge on any atom is 0.0470 e. The largest absolute Gasteiger partial charge is 0.0837 e. The monoisotopic (exact) mass is 264 g/mol. The second kappa shape index (κ2) is 6.10. The topological polar surface area (TPSA) is 0 Å². The Kier molecular flexibility index (Phi) is 4.72. The van der Waals surface area contributed by atoms with E-state index in [1.807, 2.05) is 0 Å². The fourth-order valence-electron chi connectivity index (χ4n) is 2.91. The number of hydrogen-bond acceptors (Lipinski definition) is 0. The summed E-state index contributed by atoms with van der Waals surface area (Å²) in [5.41, 5.74) is 2.68. The highest BCUT2D eigenvalue weighted by Crippen LogP contribution is 2.36. The average Bonchev–Trinajstić information content (AvgIpc) is 2.20. The first-order valence-electron chi connectivity index (χ1n) is 7.34. The van der Waals surface area contributed by atoms with Crippen molar-refractivity contribution in [2.45, 2.75) is 52.9 Å². The van der Waals surface area contributed by atoms with E-state index in [0.717, 1.165) is 29.7 Å². The molecule has 0 bridgehead atoms. The molecule has 0 aliphatic heterocycles. The van der Waals surface area contributed by atoms with Gasteiger partial charge in [0.25, 0.3) is 0 Å². The summed E-state index contributed by atoms with van der Waals surface area (Å²) in [6.45, 7) is 6.88. The van der Waals surface area contributed by atoms with Crippen LogP contribution in [0.5, 0.6) is 0 Å². The molecule has 1 heteroatoms. The van der Waals surface area contributed by atoms with Crippen LogP contribution in [0.1, 0.15) is 51.2 Å². The Bertz CT molecular complexity index is 391. The van der Waals surface area contributed by atoms with Crippen LogP contribution in [0.3, 0.4) is 0 Å². The normalized spacial score (nSPS) is 17.8. The molecule has 2 rings (SSSR count). The second-order valence-corrected chi connectivity index (χ2v) is 6.74. The molecule has 0 heterocycles. The summed E-state index contributed by atoms with van der Waals surface area (Å²) in [5, 5.41) is 1.03. The summed E-state index contributed by atoms with van der Waals surface area (Å²) in [6.07, 6.45) is 6.50. The molecule has 0 aromatic heterocycles. The van der Waals surface area contributed by atoms with E-state index in [0.29, 0.717) is 5.92 Å². The van der Waals surface area contributed by atoms with Crippen LogP contribution >= 0.6 is 11.6 Å². The van der Waals surface area contributed by atoms with Gasteiger partial charge in [0.1, 0.15) is 0 Å². The molecule has 0 nitrogen and oxygen atoms in total. The Hall–Kier alpha value is -0.490. The molecule has 100 valence electrons. The fraction of sp³-hybridized carbons (Fsp3) is 0.647. The third-order valence-electron chi connectivity index (χ3n) is 4.28. The molecule has 1 fully saturated rings. The standard InChI is InChI=1S/C17H25Cl/c1-12(2)10-15-8-5-9-16(17(15)18)11-13(3)14-6-4-7-14/h5,8-9,12-14H,4,6-7,10-11H2,1-3H3. The first-order valence-corrected chi connectivity index (χ1v) is 7.72. The van der Waals surface area contributed by atoms with Gasteiger partial charge in [-0.3, -0.25) is 0 Å². The highest BCUT2D eigenvalue weighted by atomic mass is 35.5. The molecule has 0 amide bonds. The van der Waals surface area contributed by atoms with Gasteiger partial charge in [-0.15, -0.1) is 0 Å². The molecular weight excluding hydrogens is 240 g/mol. The minimum atomic E-state index is 0.668. The highest BCUT2D eigenvalue weighted by molar-refractivity contribution is 6.32. The number of hydrogen-bond donors (Lipinski definition) is 0. The van der Waals surface area contributed by atoms with Crippen molar-refractivity contribution >= 4 is 11.6 Å². The molecule has 1 aliphatic rings. The average molecular weight is 265 g/mol. The van der Waals surface area contributed by atoms with Crippen LogP contribution in [0.4, 0.5) is 0 Å². The molecule has 1 atom stereocenters. The van der Waals surface area contributed by atoms with Gasteiger partial charge in [-0.1, -0.05) is 69.8 Å². The van der Waals surface area contributed by atoms with Gasteiger partial charge < -0.3 is 0 Å². The summed E-state index contributed by atoms with van der Waals surface area (Å²) < 4.78 is 0. The molecule has 1 unspecified atom stereocenters. The van der Waals surface area contributed by atoms with E-state index in [4.69, 9.17) is 11.6 Å². The SMILES string of the molecule is CC(C)Cc1cccc(CC(C)C2CCC2)c1Cl. The molecule has 1 saturated carbocycles. The van der Waals surface area contributed by atoms with Crippen LogP contribution in [0, 0.1) is 17.8 Å². The van der Waals surface area contributed by atoms with Crippen LogP contribution in [-0.4, -0.2) is 0 Å². The van der Waals surface area contributed by atoms with Gasteiger partial charge in [0.15, 0.2) is 0 Å². The van der Waals surface area contributed by atoms with E-state index >= 15 is 0 Å². The van der Waals surface area contributed by atoms with Crippen molar-refractivity contribution < 1.29 is 0 Å². The second-order valence-electron chi connectivity index (χ2n) is 6.36. The van der Waals surface area contributed by atoms with Crippen molar-refractivity contribution in [3.05, 3.63) is 34.3 Å². The van der Waals surface area contributed by atoms with Gasteiger partial charge in [-0.2, -0.15) is 0 Å². The Balaban J connectivity index is 2.07. The van der Waals surface area contributed by atoms with Crippen LogP contribution in [-0.2, 0) is 12.8 Å². The summed E-state index contributed by atoms with van der Waals surface area (Å²) in [4.78, 5) is 0. The molecule has 0 radical (unpaired) electrons. The van der Waals surface area contributed by atoms with Gasteiger partial charge in [-0.25, -0.2) is 0 Å². The zero-order valence-corrected chi connectivity index (χ0v) is 12.6. The number of rotatable bonds is 5. The molecule has 0 saturated heterocycles. The smallest absolute Gasteiger partial charge is 0.0470 e. The predicted molar refractivity (Wildman–Crippen MR) is 80.2 cm³/mol. The lowest BCUT2D eigenvalue weighted by atomic mass is 9.74. The van der Waals surface area contributed by atoms with Crippen molar-refractivity contribution in [2.24, 2.45) is 17.8 Å². The maximum absolute atomic E-state index is 6.56. The van der Waals surface area contributed by atoms with E-state index in [1.54, 1.807) is 0 Å². The molecular formula is C17H25Cl. The van der Waals surface area contributed by atoms with E-state index in [1.165, 1.54) is 30.4 Å². The Labute approximate surface area is 117 Å². The first-order chi connectivity index (χ1) is 8.58. The molecule has 1 aliphatic carbocycles. The van der Waals surface area contributed by atoms with Gasteiger partial charge >= 0.3 is 0 Å². The lowest BCUT2D eigenvalue weighted by Gasteiger charge is -2.31. The maximum atomic E-state index is 6.56. The molecule has 1 aromatic carbocycles. The van der Waals surface area contributed by atoms with Gasteiger partial charge in [0.2, 0.25) is 0 Å². The number of benzene rings is 1. The van der Waals surface area contributed by atoms with Gasteiger partial charge in [0, 0.05) is 5.02 Å². The quantitative estimate of drug-likeness (QED) is 0.657. The van der Waals surface area contributed by atoms with Crippen LogP contribution in [0.25, 0.3) is 0 Å². The van der Waals surface area contributed by atoms with E-state index in [-0.39, 0.29) is 0 Å². The molecule has 0 spiro atoms. The van der Waals surface area contributed by atoms with E-state index < -0.39 is 0 Å². The Morgan fingerprint density at radius 1 is 1.11 bits per heavy atom. The van der Waals surface area contributed by atoms with Crippen molar-refractivity contribution in [1.82, 2.24) is 0 Å². The lowest BCUT2D eigenvalue weighted by molar-refractivity contribution is 0.219. The van der Waals surface area contributed by atoms with Crippen LogP contribution in [0.2, 0.25) is 5.02 Å². The Morgan fingerprint density at radius 3 is 2.22 bits per heavy atom. The lowest BCUT2D eigenvalue weighted by Crippen LogP contribution is -2.21. The van der Waals surface area contributed by atoms with E-state index in [2.05, 4.69) is 39.0 Å². The van der Waals surface area contributed by atoms with Crippen LogP contribution in [0.15, 0.2) is 18.2 Å². The van der Waals surface area contributed by atoms with E-state index in [9.17, 15) is 0 Å². The van der Waals surface area contributed by atoms with Crippen molar-refractivity contribution in [3.8, 4) is 0 Å². The fourth-order valence-corrected chi connectivity index (χ4v) is 3.19. The zero-order chi connectivity index (χ0) is 13.1. The van der Waals surface area contributed by atoms with Crippen molar-refractivity contribution in [1.29, 1.82) is 0 Å². The predicted octanol–water partition coefficient (Wildman–Crippen LogP) is 5.52. The highest BCUT2D eigenvalue weighted by Gasteiger charge is 2.24. The van der Waals surface area contributed by atoms with Crippen molar-refractivity contribution in [2.75, 3.05) is 0 Å². The third-order valence-corrected chi connectivity index (χ3v) is 4.77. The molecule has 0 N–H and O–H groups in total. The van der Waals surface area contributed by atoms with Crippen molar-refractivity contribution in [3.63, 3.8) is 0 Å². The minimum absolute atomic E-state index is 0.668. The summed E-state index contributed by atoms with van der Waals surface area (Å²) in [7, 11) is 0. The van der Waals surface area contributed by atoms with Gasteiger partial charge in [-0.05, 0) is 41.7 Å². The summed E-state index contributed by atoms with van der Waals surface area (Å²) >= 11 is 6.56. The summed E-state index contributed by atoms with van der Waals surface area (Å²) in [5.74, 6) is 2.39. The van der Waals surface area contributed by atoms with Crippen LogP contribution < -0.4 is 0 Å². The molecule has 18 heavy (non-hydrogen) atoms. The Morgan fingerprint density at radius 2 is 1.72 bits per heavy atom. The van der Waals surface area contributed by atoms with Gasteiger partial charge in [0.05, 0.1) is 0 Å². The first kappa shape index (κ1) is 13.9. The number of halogens is 1. The zero-order valence-electron chi connectivity index (χ0n) is 11.9. The summed E-state index contributed by atoms with van der Waals surface area (Å²) in [6, 6.07) is 6.56. The molecule has 1 aromatic rings. The minimum Gasteiger partial charge on any atom is -0.0837 e.